The Balaban J connectivity index is 1.66. The number of benzene rings is 2. The molecule has 0 aliphatic rings. The number of aryl methyl sites for hydroxylation is 2. The van der Waals surface area contributed by atoms with Crippen molar-refractivity contribution < 1.29 is 9.36 Å². The van der Waals surface area contributed by atoms with E-state index in [1.807, 2.05) is 61.1 Å². The number of carbonyl (C=O) groups is 1. The number of aromatic nitrogens is 2. The van der Waals surface area contributed by atoms with Gasteiger partial charge in [0.25, 0.3) is 5.15 Å². The molecule has 2 aromatic carbocycles. The zero-order chi connectivity index (χ0) is 19.7. The third-order valence-corrected chi connectivity index (χ3v) is 5.42. The van der Waals surface area contributed by atoms with Crippen LogP contribution in [0.25, 0.3) is 10.9 Å². The van der Waals surface area contributed by atoms with Crippen molar-refractivity contribution in [2.45, 2.75) is 19.9 Å². The number of fused-ring (bicyclic) bond motifs is 1. The van der Waals surface area contributed by atoms with Crippen molar-refractivity contribution in [1.82, 2.24) is 4.57 Å². The van der Waals surface area contributed by atoms with E-state index >= 15 is 0 Å². The van der Waals surface area contributed by atoms with Crippen LogP contribution in [0.3, 0.4) is 0 Å². The Morgan fingerprint density at radius 2 is 1.79 bits per heavy atom. The van der Waals surface area contributed by atoms with Gasteiger partial charge in [0.1, 0.15) is 5.52 Å². The molecule has 0 fully saturated rings. The SMILES string of the molecule is Cc1ccc(C(=O)C[n+]2cc3c(cc2Cl)c(Cc2ccccc2)cn3C)cc1. The smallest absolute Gasteiger partial charge is 0.276 e. The number of Topliss-reactive ketones (excluding diaryl/α,β-unsaturated/α-hetero) is 1. The summed E-state index contributed by atoms with van der Waals surface area (Å²) in [7, 11) is 2.02. The first kappa shape index (κ1) is 18.5. The van der Waals surface area contributed by atoms with Gasteiger partial charge in [-0.15, -0.1) is 0 Å². The molecule has 4 aromatic rings. The highest BCUT2D eigenvalue weighted by Gasteiger charge is 2.20. The summed E-state index contributed by atoms with van der Waals surface area (Å²) in [6, 6.07) is 20.0. The van der Waals surface area contributed by atoms with Crippen LogP contribution in [0.1, 0.15) is 27.0 Å². The summed E-state index contributed by atoms with van der Waals surface area (Å²) in [6.07, 6.45) is 4.96. The van der Waals surface area contributed by atoms with E-state index in [1.54, 1.807) is 0 Å². The molecular weight excluding hydrogens is 368 g/mol. The van der Waals surface area contributed by atoms with Gasteiger partial charge >= 0.3 is 0 Å². The van der Waals surface area contributed by atoms with Crippen LogP contribution in [0, 0.1) is 6.92 Å². The van der Waals surface area contributed by atoms with Crippen molar-refractivity contribution in [3.05, 3.63) is 100 Å². The van der Waals surface area contributed by atoms with E-state index in [4.69, 9.17) is 11.6 Å². The lowest BCUT2D eigenvalue weighted by molar-refractivity contribution is -0.679. The minimum absolute atomic E-state index is 0.0463. The lowest BCUT2D eigenvalue weighted by Gasteiger charge is -2.03. The van der Waals surface area contributed by atoms with E-state index in [0.717, 1.165) is 22.9 Å². The number of hydrogen-bond donors (Lipinski definition) is 0. The average molecular weight is 390 g/mol. The molecule has 0 bridgehead atoms. The van der Waals surface area contributed by atoms with Crippen LogP contribution < -0.4 is 4.57 Å². The van der Waals surface area contributed by atoms with E-state index in [-0.39, 0.29) is 12.3 Å². The standard InChI is InChI=1S/C24H22ClN2O/c1-17-8-10-19(11-9-17)23(28)16-27-15-22-21(13-24(27)25)20(14-26(22)2)12-18-6-4-3-5-7-18/h3-11,13-15H,12,16H2,1-2H3/q+1. The minimum Gasteiger partial charge on any atom is -0.345 e. The molecule has 4 heteroatoms. The van der Waals surface area contributed by atoms with Crippen molar-refractivity contribution in [2.24, 2.45) is 7.05 Å². The van der Waals surface area contributed by atoms with Crippen LogP contribution in [0.5, 0.6) is 0 Å². The highest BCUT2D eigenvalue weighted by Crippen LogP contribution is 2.24. The van der Waals surface area contributed by atoms with Crippen LogP contribution in [0.2, 0.25) is 5.15 Å². The summed E-state index contributed by atoms with van der Waals surface area (Å²) in [5.74, 6) is 0.0463. The molecule has 0 amide bonds. The maximum absolute atomic E-state index is 12.7. The van der Waals surface area contributed by atoms with Gasteiger partial charge in [-0.05, 0) is 36.1 Å². The van der Waals surface area contributed by atoms with Crippen molar-refractivity contribution in [2.75, 3.05) is 0 Å². The third-order valence-electron chi connectivity index (χ3n) is 5.09. The fourth-order valence-corrected chi connectivity index (χ4v) is 3.75. The second-order valence-corrected chi connectivity index (χ2v) is 7.63. The number of halogens is 1. The van der Waals surface area contributed by atoms with Crippen molar-refractivity contribution >= 4 is 28.3 Å². The Hall–Kier alpha value is -2.91. The van der Waals surface area contributed by atoms with E-state index in [9.17, 15) is 4.79 Å². The molecule has 0 aliphatic carbocycles. The maximum Gasteiger partial charge on any atom is 0.276 e. The monoisotopic (exact) mass is 389 g/mol. The lowest BCUT2D eigenvalue weighted by Crippen LogP contribution is -2.39. The fraction of sp³-hybridized carbons (Fsp3) is 0.167. The Bertz CT molecular complexity index is 1140. The summed E-state index contributed by atoms with van der Waals surface area (Å²) in [4.78, 5) is 12.7. The molecular formula is C24H22ClN2O+. The molecule has 0 N–H and O–H groups in total. The molecule has 0 saturated carbocycles. The van der Waals surface area contributed by atoms with Gasteiger partial charge in [-0.2, -0.15) is 4.57 Å². The molecule has 140 valence electrons. The molecule has 0 atom stereocenters. The molecule has 2 heterocycles. The van der Waals surface area contributed by atoms with E-state index < -0.39 is 0 Å². The molecule has 0 spiro atoms. The maximum atomic E-state index is 12.7. The number of rotatable bonds is 5. The van der Waals surface area contributed by atoms with Crippen molar-refractivity contribution in [3.63, 3.8) is 0 Å². The molecule has 0 aliphatic heterocycles. The summed E-state index contributed by atoms with van der Waals surface area (Å²) >= 11 is 6.55. The van der Waals surface area contributed by atoms with E-state index in [0.29, 0.717) is 10.7 Å². The second kappa shape index (κ2) is 7.61. The van der Waals surface area contributed by atoms with Gasteiger partial charge in [-0.25, -0.2) is 0 Å². The lowest BCUT2D eigenvalue weighted by atomic mass is 10.0. The quantitative estimate of drug-likeness (QED) is 0.271. The normalized spacial score (nSPS) is 11.1. The number of nitrogens with zero attached hydrogens (tertiary/aromatic N) is 2. The predicted molar refractivity (Wildman–Crippen MR) is 113 cm³/mol. The fourth-order valence-electron chi connectivity index (χ4n) is 3.53. The van der Waals surface area contributed by atoms with Crippen molar-refractivity contribution in [3.8, 4) is 0 Å². The number of ketones is 1. The first-order chi connectivity index (χ1) is 13.5. The Morgan fingerprint density at radius 1 is 1.07 bits per heavy atom. The van der Waals surface area contributed by atoms with Gasteiger partial charge in [-0.1, -0.05) is 60.2 Å². The Kier molecular flexibility index (Phi) is 5.01. The summed E-state index contributed by atoms with van der Waals surface area (Å²) in [6.45, 7) is 2.23. The van der Waals surface area contributed by atoms with Crippen LogP contribution in [0.4, 0.5) is 0 Å². The molecule has 0 unspecified atom stereocenters. The van der Waals surface area contributed by atoms with E-state index in [2.05, 4.69) is 35.0 Å². The zero-order valence-electron chi connectivity index (χ0n) is 16.0. The molecule has 3 nitrogen and oxygen atoms in total. The first-order valence-electron chi connectivity index (χ1n) is 9.32. The van der Waals surface area contributed by atoms with Crippen LogP contribution in [-0.4, -0.2) is 10.4 Å². The van der Waals surface area contributed by atoms with Gasteiger partial charge < -0.3 is 4.57 Å². The van der Waals surface area contributed by atoms with Crippen LogP contribution in [0.15, 0.2) is 73.1 Å². The molecule has 4 rings (SSSR count). The highest BCUT2D eigenvalue weighted by atomic mass is 35.5. The number of pyridine rings is 1. The Labute approximate surface area is 169 Å². The topological polar surface area (TPSA) is 25.9 Å². The number of carbonyl (C=O) groups excluding carboxylic acids is 1. The van der Waals surface area contributed by atoms with Crippen LogP contribution in [-0.2, 0) is 20.0 Å². The van der Waals surface area contributed by atoms with Gasteiger partial charge in [-0.3, -0.25) is 4.79 Å². The predicted octanol–water partition coefficient (Wildman–Crippen LogP) is 4.90. The molecule has 0 saturated heterocycles. The highest BCUT2D eigenvalue weighted by molar-refractivity contribution is 6.29. The second-order valence-electron chi connectivity index (χ2n) is 7.24. The third kappa shape index (κ3) is 3.71. The largest absolute Gasteiger partial charge is 0.345 e. The summed E-state index contributed by atoms with van der Waals surface area (Å²) in [5, 5.41) is 1.68. The van der Waals surface area contributed by atoms with Crippen LogP contribution >= 0.6 is 11.6 Å². The minimum atomic E-state index is 0.0463. The molecule has 0 radical (unpaired) electrons. The Morgan fingerprint density at radius 3 is 2.50 bits per heavy atom. The average Bonchev–Trinajstić information content (AvgIpc) is 2.98. The van der Waals surface area contributed by atoms with Gasteiger partial charge in [0.15, 0.2) is 6.20 Å². The molecule has 2 aromatic heterocycles. The van der Waals surface area contributed by atoms with Gasteiger partial charge in [0, 0.05) is 30.3 Å². The van der Waals surface area contributed by atoms with Gasteiger partial charge in [0.05, 0.1) is 0 Å². The van der Waals surface area contributed by atoms with Gasteiger partial charge in [0.2, 0.25) is 12.3 Å². The van der Waals surface area contributed by atoms with Crippen molar-refractivity contribution in [1.29, 1.82) is 0 Å². The first-order valence-corrected chi connectivity index (χ1v) is 9.70. The van der Waals surface area contributed by atoms with E-state index in [1.165, 1.54) is 11.1 Å². The zero-order valence-corrected chi connectivity index (χ0v) is 16.8. The summed E-state index contributed by atoms with van der Waals surface area (Å²) in [5.41, 5.74) is 5.39. The molecule has 28 heavy (non-hydrogen) atoms. The summed E-state index contributed by atoms with van der Waals surface area (Å²) < 4.78 is 3.91. The number of hydrogen-bond acceptors (Lipinski definition) is 1.